The highest BCUT2D eigenvalue weighted by atomic mass is 19.1. The number of ether oxygens (including phenoxy) is 1. The standard InChI is InChI=1S/C22H27FN6O2/c1-3-16(30-19-11-6-5-9-17(19)23)15-27-22(24-4-2)26-14-12-20-28-21(31-29-20)18-10-7-8-13-25-18/h5-11,13,16H,3-4,12,14-15H2,1-2H3,(H2,24,26,27). The van der Waals surface area contributed by atoms with E-state index >= 15 is 0 Å². The summed E-state index contributed by atoms with van der Waals surface area (Å²) in [6.45, 7) is 5.65. The van der Waals surface area contributed by atoms with Crippen LogP contribution in [0.2, 0.25) is 0 Å². The van der Waals surface area contributed by atoms with Crippen LogP contribution in [0.4, 0.5) is 4.39 Å². The number of rotatable bonds is 10. The largest absolute Gasteiger partial charge is 0.485 e. The summed E-state index contributed by atoms with van der Waals surface area (Å²) < 4.78 is 24.9. The van der Waals surface area contributed by atoms with Crippen LogP contribution in [-0.2, 0) is 6.42 Å². The quantitative estimate of drug-likeness (QED) is 0.379. The van der Waals surface area contributed by atoms with E-state index in [0.29, 0.717) is 55.8 Å². The fourth-order valence-corrected chi connectivity index (χ4v) is 2.75. The van der Waals surface area contributed by atoms with Crippen molar-refractivity contribution < 1.29 is 13.7 Å². The lowest BCUT2D eigenvalue weighted by Gasteiger charge is -2.17. The number of aromatic nitrogens is 3. The SMILES string of the molecule is CCNC(=NCC(CC)Oc1ccccc1F)NCCc1noc(-c2ccccn2)n1. The first-order chi connectivity index (χ1) is 15.2. The molecule has 0 saturated heterocycles. The lowest BCUT2D eigenvalue weighted by atomic mass is 10.2. The number of nitrogens with one attached hydrogen (secondary N) is 2. The number of pyridine rings is 1. The van der Waals surface area contributed by atoms with Crippen molar-refractivity contribution >= 4 is 5.96 Å². The lowest BCUT2D eigenvalue weighted by Crippen LogP contribution is -2.39. The molecule has 3 rings (SSSR count). The summed E-state index contributed by atoms with van der Waals surface area (Å²) in [6, 6.07) is 11.9. The Morgan fingerprint density at radius 3 is 2.74 bits per heavy atom. The second-order valence-corrected chi connectivity index (χ2v) is 6.71. The third-order valence-corrected chi connectivity index (χ3v) is 4.38. The summed E-state index contributed by atoms with van der Waals surface area (Å²) in [5.41, 5.74) is 0.643. The van der Waals surface area contributed by atoms with Gasteiger partial charge in [0.05, 0.1) is 6.54 Å². The van der Waals surface area contributed by atoms with Crippen LogP contribution < -0.4 is 15.4 Å². The van der Waals surface area contributed by atoms with Gasteiger partial charge in [0.25, 0.3) is 5.89 Å². The van der Waals surface area contributed by atoms with Gasteiger partial charge in [0.15, 0.2) is 23.4 Å². The summed E-state index contributed by atoms with van der Waals surface area (Å²) in [4.78, 5) is 13.1. The molecular formula is C22H27FN6O2. The molecule has 0 saturated carbocycles. The molecule has 0 spiro atoms. The van der Waals surface area contributed by atoms with Gasteiger partial charge in [-0.1, -0.05) is 30.3 Å². The van der Waals surface area contributed by atoms with E-state index in [1.807, 2.05) is 32.0 Å². The molecule has 0 aliphatic rings. The van der Waals surface area contributed by atoms with E-state index in [0.717, 1.165) is 0 Å². The Labute approximate surface area is 181 Å². The summed E-state index contributed by atoms with van der Waals surface area (Å²) >= 11 is 0. The van der Waals surface area contributed by atoms with Crippen molar-refractivity contribution in [3.8, 4) is 17.3 Å². The van der Waals surface area contributed by atoms with Crippen molar-refractivity contribution in [2.75, 3.05) is 19.6 Å². The highest BCUT2D eigenvalue weighted by molar-refractivity contribution is 5.79. The smallest absolute Gasteiger partial charge is 0.276 e. The molecule has 0 aliphatic heterocycles. The summed E-state index contributed by atoms with van der Waals surface area (Å²) in [6.07, 6.45) is 2.71. The molecule has 164 valence electrons. The molecule has 3 aromatic rings. The Balaban J connectivity index is 1.52. The number of benzene rings is 1. The maximum absolute atomic E-state index is 13.8. The van der Waals surface area contributed by atoms with Gasteiger partial charge < -0.3 is 19.9 Å². The predicted octanol–water partition coefficient (Wildman–Crippen LogP) is 3.23. The molecular weight excluding hydrogens is 399 g/mol. The molecule has 0 aliphatic carbocycles. The first kappa shape index (κ1) is 22.2. The van der Waals surface area contributed by atoms with Crippen LogP contribution in [-0.4, -0.2) is 46.8 Å². The lowest BCUT2D eigenvalue weighted by molar-refractivity contribution is 0.196. The monoisotopic (exact) mass is 426 g/mol. The Bertz CT molecular complexity index is 963. The molecule has 0 radical (unpaired) electrons. The van der Waals surface area contributed by atoms with Crippen LogP contribution in [0.25, 0.3) is 11.6 Å². The second-order valence-electron chi connectivity index (χ2n) is 6.71. The van der Waals surface area contributed by atoms with E-state index in [9.17, 15) is 4.39 Å². The molecule has 9 heteroatoms. The third-order valence-electron chi connectivity index (χ3n) is 4.38. The third kappa shape index (κ3) is 6.77. The van der Waals surface area contributed by atoms with Crippen molar-refractivity contribution in [2.45, 2.75) is 32.8 Å². The maximum atomic E-state index is 13.8. The summed E-state index contributed by atoms with van der Waals surface area (Å²) in [5.74, 6) is 1.49. The Morgan fingerprint density at radius 1 is 1.16 bits per heavy atom. The van der Waals surface area contributed by atoms with E-state index in [1.54, 1.807) is 24.4 Å². The van der Waals surface area contributed by atoms with Gasteiger partial charge in [-0.15, -0.1) is 0 Å². The highest BCUT2D eigenvalue weighted by Gasteiger charge is 2.12. The van der Waals surface area contributed by atoms with Crippen LogP contribution in [0.15, 0.2) is 58.2 Å². The van der Waals surface area contributed by atoms with E-state index in [2.05, 4.69) is 30.8 Å². The number of para-hydroxylation sites is 1. The van der Waals surface area contributed by atoms with Gasteiger partial charge in [0.1, 0.15) is 11.8 Å². The first-order valence-corrected chi connectivity index (χ1v) is 10.4. The van der Waals surface area contributed by atoms with Crippen LogP contribution >= 0.6 is 0 Å². The molecule has 0 bridgehead atoms. The van der Waals surface area contributed by atoms with Crippen molar-refractivity contribution in [1.82, 2.24) is 25.8 Å². The fraction of sp³-hybridized carbons (Fsp3) is 0.364. The minimum atomic E-state index is -0.375. The number of nitrogens with zero attached hydrogens (tertiary/aromatic N) is 4. The zero-order valence-corrected chi connectivity index (χ0v) is 17.7. The fourth-order valence-electron chi connectivity index (χ4n) is 2.75. The molecule has 2 heterocycles. The van der Waals surface area contributed by atoms with Gasteiger partial charge in [0.2, 0.25) is 0 Å². The van der Waals surface area contributed by atoms with Crippen LogP contribution in [0.3, 0.4) is 0 Å². The number of guanidine groups is 1. The zero-order valence-electron chi connectivity index (χ0n) is 17.7. The number of hydrogen-bond donors (Lipinski definition) is 2. The van der Waals surface area contributed by atoms with Gasteiger partial charge in [-0.25, -0.2) is 9.38 Å². The van der Waals surface area contributed by atoms with Crippen molar-refractivity contribution in [3.63, 3.8) is 0 Å². The van der Waals surface area contributed by atoms with Gasteiger partial charge >= 0.3 is 0 Å². The molecule has 8 nitrogen and oxygen atoms in total. The van der Waals surface area contributed by atoms with Gasteiger partial charge in [-0.2, -0.15) is 4.98 Å². The van der Waals surface area contributed by atoms with Gasteiger partial charge in [-0.05, 0) is 37.6 Å². The molecule has 1 aromatic carbocycles. The van der Waals surface area contributed by atoms with Crippen molar-refractivity contribution in [1.29, 1.82) is 0 Å². The summed E-state index contributed by atoms with van der Waals surface area (Å²) in [7, 11) is 0. The Kier molecular flexibility index (Phi) is 8.33. The van der Waals surface area contributed by atoms with Crippen molar-refractivity contribution in [3.05, 3.63) is 60.3 Å². The second kappa shape index (κ2) is 11.6. The van der Waals surface area contributed by atoms with E-state index in [1.165, 1.54) is 6.07 Å². The van der Waals surface area contributed by atoms with E-state index < -0.39 is 0 Å². The normalized spacial score (nSPS) is 12.4. The first-order valence-electron chi connectivity index (χ1n) is 10.4. The molecule has 2 aromatic heterocycles. The summed E-state index contributed by atoms with van der Waals surface area (Å²) in [5, 5.41) is 10.4. The minimum Gasteiger partial charge on any atom is -0.485 e. The predicted molar refractivity (Wildman–Crippen MR) is 116 cm³/mol. The van der Waals surface area contributed by atoms with E-state index in [-0.39, 0.29) is 17.7 Å². The van der Waals surface area contributed by atoms with Gasteiger partial charge in [0, 0.05) is 25.7 Å². The minimum absolute atomic E-state index is 0.231. The number of aliphatic imine (C=N–C) groups is 1. The number of halogens is 1. The molecule has 31 heavy (non-hydrogen) atoms. The molecule has 1 unspecified atom stereocenters. The molecule has 0 fully saturated rings. The molecule has 0 amide bonds. The molecule has 1 atom stereocenters. The van der Waals surface area contributed by atoms with Gasteiger partial charge in [-0.3, -0.25) is 4.98 Å². The van der Waals surface area contributed by atoms with Crippen LogP contribution in [0, 0.1) is 5.82 Å². The van der Waals surface area contributed by atoms with Crippen LogP contribution in [0.1, 0.15) is 26.1 Å². The van der Waals surface area contributed by atoms with Crippen LogP contribution in [0.5, 0.6) is 5.75 Å². The Morgan fingerprint density at radius 2 is 2.00 bits per heavy atom. The molecule has 2 N–H and O–H groups in total. The average molecular weight is 426 g/mol. The topological polar surface area (TPSA) is 97.5 Å². The Hall–Kier alpha value is -3.49. The number of hydrogen-bond acceptors (Lipinski definition) is 6. The highest BCUT2D eigenvalue weighted by Crippen LogP contribution is 2.18. The van der Waals surface area contributed by atoms with Crippen molar-refractivity contribution in [2.24, 2.45) is 4.99 Å². The van der Waals surface area contributed by atoms with E-state index in [4.69, 9.17) is 9.26 Å². The maximum Gasteiger partial charge on any atom is 0.276 e. The zero-order chi connectivity index (χ0) is 21.9. The average Bonchev–Trinajstić information content (AvgIpc) is 3.27.